The second kappa shape index (κ2) is 10.3. The molecule has 0 aliphatic carbocycles. The van der Waals surface area contributed by atoms with Crippen LogP contribution in [0.1, 0.15) is 13.8 Å². The van der Waals surface area contributed by atoms with E-state index in [4.69, 9.17) is 0 Å². The predicted octanol–water partition coefficient (Wildman–Crippen LogP) is -0.136. The molecule has 5 heteroatoms. The van der Waals surface area contributed by atoms with Crippen LogP contribution >= 0.6 is 12.4 Å². The van der Waals surface area contributed by atoms with Gasteiger partial charge in [-0.1, -0.05) is 11.2 Å². The van der Waals surface area contributed by atoms with Crippen LogP contribution in [0.2, 0.25) is 0 Å². The summed E-state index contributed by atoms with van der Waals surface area (Å²) in [4.78, 5) is 3.78. The average molecular weight is 276 g/mol. The maximum atomic E-state index is 4.31. The highest BCUT2D eigenvalue weighted by Crippen LogP contribution is 2.11. The summed E-state index contributed by atoms with van der Waals surface area (Å²) >= 11 is 0. The van der Waals surface area contributed by atoms with Crippen LogP contribution in [0, 0.1) is 0 Å². The first-order chi connectivity index (χ1) is 7.33. The summed E-state index contributed by atoms with van der Waals surface area (Å²) in [5.41, 5.74) is 0. The standard InChI is InChI=1S/C7H13N2.C5H5N.2ClH/c1-3-9(4-2)7-5-6-8-9;1-2-4-6-5-3-1;;/h5-7H,3-4H2,1-2H3;1-5H;2*1H/q+1;;;/p-1. The van der Waals surface area contributed by atoms with Crippen molar-refractivity contribution in [1.29, 1.82) is 0 Å². The zero-order valence-corrected chi connectivity index (χ0v) is 11.7. The summed E-state index contributed by atoms with van der Waals surface area (Å²) in [5.74, 6) is 0. The lowest BCUT2D eigenvalue weighted by Crippen LogP contribution is -3.00. The molecule has 0 unspecified atom stereocenters. The molecule has 0 aromatic carbocycles. The van der Waals surface area contributed by atoms with Crippen molar-refractivity contribution < 1.29 is 17.0 Å². The zero-order valence-electron chi connectivity index (χ0n) is 10.2. The lowest BCUT2D eigenvalue weighted by atomic mass is 10.5. The number of hydrogen-bond donors (Lipinski definition) is 0. The maximum absolute atomic E-state index is 4.31. The molecule has 2 heterocycles. The van der Waals surface area contributed by atoms with Gasteiger partial charge in [-0.2, -0.15) is 4.59 Å². The van der Waals surface area contributed by atoms with E-state index in [1.165, 1.54) is 0 Å². The van der Waals surface area contributed by atoms with Crippen LogP contribution in [-0.2, 0) is 0 Å². The fourth-order valence-corrected chi connectivity index (χ4v) is 1.32. The number of halogens is 2. The highest BCUT2D eigenvalue weighted by Gasteiger charge is 2.20. The Morgan fingerprint density at radius 3 is 1.76 bits per heavy atom. The van der Waals surface area contributed by atoms with Crippen molar-refractivity contribution >= 4 is 18.6 Å². The average Bonchev–Trinajstić information content (AvgIpc) is 2.81. The SMILES string of the molecule is CC[N+]1(CC)C=CC=N1.Cl.[Cl-].c1ccncc1. The highest BCUT2D eigenvalue weighted by molar-refractivity contribution is 5.85. The van der Waals surface area contributed by atoms with E-state index in [0.29, 0.717) is 0 Å². The van der Waals surface area contributed by atoms with Crippen molar-refractivity contribution in [3.63, 3.8) is 0 Å². The second-order valence-electron chi connectivity index (χ2n) is 3.25. The number of hydrogen-bond acceptors (Lipinski definition) is 2. The maximum Gasteiger partial charge on any atom is 0.124 e. The lowest BCUT2D eigenvalue weighted by molar-refractivity contribution is -0.880. The Bertz CT molecular complexity index is 281. The second-order valence-corrected chi connectivity index (χ2v) is 3.25. The Kier molecular flexibility index (Phi) is 11.2. The minimum Gasteiger partial charge on any atom is -1.00 e. The Labute approximate surface area is 116 Å². The number of allylic oxidation sites excluding steroid dienone is 1. The normalized spacial score (nSPS) is 14.0. The van der Waals surface area contributed by atoms with Crippen molar-refractivity contribution in [3.05, 3.63) is 42.9 Å². The van der Waals surface area contributed by atoms with Crippen molar-refractivity contribution in [1.82, 2.24) is 4.98 Å². The highest BCUT2D eigenvalue weighted by atomic mass is 35.5. The van der Waals surface area contributed by atoms with Crippen LogP contribution in [0.25, 0.3) is 0 Å². The summed E-state index contributed by atoms with van der Waals surface area (Å²) in [6, 6.07) is 5.72. The Morgan fingerprint density at radius 2 is 1.59 bits per heavy atom. The number of rotatable bonds is 2. The predicted molar refractivity (Wildman–Crippen MR) is 70.5 cm³/mol. The number of quaternary nitrogens is 1. The van der Waals surface area contributed by atoms with E-state index < -0.39 is 0 Å². The fraction of sp³-hybridized carbons (Fsp3) is 0.333. The molecule has 1 aliphatic heterocycles. The van der Waals surface area contributed by atoms with Gasteiger partial charge in [-0.25, -0.2) is 0 Å². The van der Waals surface area contributed by atoms with Crippen molar-refractivity contribution in [2.45, 2.75) is 13.8 Å². The number of aromatic nitrogens is 1. The van der Waals surface area contributed by atoms with Gasteiger partial charge in [0.15, 0.2) is 0 Å². The molecule has 2 rings (SSSR count). The van der Waals surface area contributed by atoms with Crippen LogP contribution in [0.4, 0.5) is 0 Å². The lowest BCUT2D eigenvalue weighted by Gasteiger charge is -2.21. The number of pyridine rings is 1. The van der Waals surface area contributed by atoms with Crippen LogP contribution in [0.15, 0.2) is 48.0 Å². The smallest absolute Gasteiger partial charge is 0.124 e. The first kappa shape index (κ1) is 18.5. The minimum absolute atomic E-state index is 0. The minimum atomic E-state index is 0. The fourth-order valence-electron chi connectivity index (χ4n) is 1.32. The van der Waals surface area contributed by atoms with Gasteiger partial charge in [0.25, 0.3) is 0 Å². The van der Waals surface area contributed by atoms with E-state index in [-0.39, 0.29) is 24.8 Å². The quantitative estimate of drug-likeness (QED) is 0.690. The van der Waals surface area contributed by atoms with E-state index in [9.17, 15) is 0 Å². The van der Waals surface area contributed by atoms with Crippen molar-refractivity contribution in [3.8, 4) is 0 Å². The van der Waals surface area contributed by atoms with Crippen molar-refractivity contribution in [2.24, 2.45) is 5.10 Å². The molecule has 0 saturated carbocycles. The first-order valence-corrected chi connectivity index (χ1v) is 5.28. The molecule has 0 fully saturated rings. The summed E-state index contributed by atoms with van der Waals surface area (Å²) in [5, 5.41) is 4.31. The molecule has 0 N–H and O–H groups in total. The Morgan fingerprint density at radius 1 is 1.00 bits per heavy atom. The molecular formula is C12H19Cl2N3. The van der Waals surface area contributed by atoms with Gasteiger partial charge < -0.3 is 12.4 Å². The Hall–Kier alpha value is -0.900. The van der Waals surface area contributed by atoms with Crippen molar-refractivity contribution in [2.75, 3.05) is 13.1 Å². The molecule has 1 aromatic rings. The van der Waals surface area contributed by atoms with Gasteiger partial charge in [0.05, 0.1) is 6.21 Å². The molecule has 0 bridgehead atoms. The summed E-state index contributed by atoms with van der Waals surface area (Å²) in [6.07, 6.45) is 9.50. The van der Waals surface area contributed by atoms with E-state index in [1.807, 2.05) is 30.5 Å². The van der Waals surface area contributed by atoms with Gasteiger partial charge in [-0.05, 0) is 26.0 Å². The topological polar surface area (TPSA) is 25.2 Å². The largest absolute Gasteiger partial charge is 1.00 e. The molecule has 0 spiro atoms. The summed E-state index contributed by atoms with van der Waals surface area (Å²) in [6.45, 7) is 6.42. The third kappa shape index (κ3) is 6.41. The van der Waals surface area contributed by atoms with E-state index in [0.717, 1.165) is 17.7 Å². The molecule has 17 heavy (non-hydrogen) atoms. The molecule has 0 saturated heterocycles. The van der Waals surface area contributed by atoms with Crippen LogP contribution in [0.5, 0.6) is 0 Å². The van der Waals surface area contributed by atoms with Gasteiger partial charge in [0.1, 0.15) is 19.3 Å². The van der Waals surface area contributed by atoms with Gasteiger partial charge >= 0.3 is 0 Å². The first-order valence-electron chi connectivity index (χ1n) is 5.28. The molecule has 96 valence electrons. The molecule has 0 atom stereocenters. The molecular weight excluding hydrogens is 257 g/mol. The molecule has 0 amide bonds. The van der Waals surface area contributed by atoms with E-state index >= 15 is 0 Å². The Balaban J connectivity index is 0. The van der Waals surface area contributed by atoms with Gasteiger partial charge in [0, 0.05) is 18.5 Å². The molecule has 1 aliphatic rings. The van der Waals surface area contributed by atoms with E-state index in [2.05, 4.69) is 30.1 Å². The van der Waals surface area contributed by atoms with Gasteiger partial charge in [-0.15, -0.1) is 12.4 Å². The van der Waals surface area contributed by atoms with Gasteiger partial charge in [0.2, 0.25) is 0 Å². The van der Waals surface area contributed by atoms with Crippen LogP contribution in [-0.4, -0.2) is 28.9 Å². The van der Waals surface area contributed by atoms with Crippen LogP contribution in [0.3, 0.4) is 0 Å². The molecule has 3 nitrogen and oxygen atoms in total. The summed E-state index contributed by atoms with van der Waals surface area (Å²) in [7, 11) is 0. The third-order valence-corrected chi connectivity index (χ3v) is 2.41. The van der Waals surface area contributed by atoms with Crippen LogP contribution < -0.4 is 12.4 Å². The summed E-state index contributed by atoms with van der Waals surface area (Å²) < 4.78 is 0.778. The molecule has 0 radical (unpaired) electrons. The van der Waals surface area contributed by atoms with E-state index in [1.54, 1.807) is 12.4 Å². The monoisotopic (exact) mass is 275 g/mol. The number of nitrogens with zero attached hydrogens (tertiary/aromatic N) is 3. The zero-order chi connectivity index (χ0) is 11.0. The van der Waals surface area contributed by atoms with Gasteiger partial charge in [-0.3, -0.25) is 4.98 Å². The third-order valence-electron chi connectivity index (χ3n) is 2.41. The molecule has 1 aromatic heterocycles.